The summed E-state index contributed by atoms with van der Waals surface area (Å²) in [6.45, 7) is 2.85. The number of esters is 1. The summed E-state index contributed by atoms with van der Waals surface area (Å²) in [5.74, 6) is -0.368. The summed E-state index contributed by atoms with van der Waals surface area (Å²) in [5, 5.41) is 0.624. The smallest absolute Gasteiger partial charge is 0.337 e. The summed E-state index contributed by atoms with van der Waals surface area (Å²) in [7, 11) is 1.37. The first kappa shape index (κ1) is 22.2. The molecule has 0 aromatic heterocycles. The topological polar surface area (TPSA) is 49.9 Å². The number of ether oxygens (including phenoxy) is 1. The van der Waals surface area contributed by atoms with Crippen molar-refractivity contribution in [2.24, 2.45) is 0 Å². The van der Waals surface area contributed by atoms with Crippen LogP contribution in [0, 0.1) is 6.92 Å². The van der Waals surface area contributed by atoms with Gasteiger partial charge in [-0.15, -0.1) is 0 Å². The van der Waals surface area contributed by atoms with Gasteiger partial charge in [0, 0.05) is 40.6 Å². The number of amides is 1. The van der Waals surface area contributed by atoms with Crippen molar-refractivity contribution in [1.82, 2.24) is 0 Å². The molecular formula is C28H25ClN2O3. The highest BCUT2D eigenvalue weighted by molar-refractivity contribution is 6.30. The van der Waals surface area contributed by atoms with Crippen molar-refractivity contribution in [2.75, 3.05) is 23.5 Å². The van der Waals surface area contributed by atoms with Crippen molar-refractivity contribution in [2.45, 2.75) is 25.8 Å². The number of carbonyl (C=O) groups excluding carboxylic acids is 2. The zero-order valence-corrected chi connectivity index (χ0v) is 19.9. The van der Waals surface area contributed by atoms with Crippen LogP contribution >= 0.6 is 11.6 Å². The monoisotopic (exact) mass is 472 g/mol. The third-order valence-corrected chi connectivity index (χ3v) is 6.85. The van der Waals surface area contributed by atoms with Crippen LogP contribution in [0.3, 0.4) is 0 Å². The second kappa shape index (κ2) is 8.99. The largest absolute Gasteiger partial charge is 0.465 e. The number of anilines is 2. The van der Waals surface area contributed by atoms with Crippen molar-refractivity contribution >= 4 is 34.9 Å². The maximum atomic E-state index is 13.9. The second-order valence-electron chi connectivity index (χ2n) is 8.65. The minimum absolute atomic E-state index is 0.0141. The van der Waals surface area contributed by atoms with Crippen LogP contribution in [0.5, 0.6) is 0 Å². The van der Waals surface area contributed by atoms with E-state index in [2.05, 4.69) is 36.1 Å². The Morgan fingerprint density at radius 1 is 0.941 bits per heavy atom. The molecule has 3 aromatic rings. The molecule has 2 heterocycles. The molecule has 5 rings (SSSR count). The van der Waals surface area contributed by atoms with E-state index in [0.717, 1.165) is 34.8 Å². The van der Waals surface area contributed by atoms with Crippen molar-refractivity contribution in [1.29, 1.82) is 0 Å². The lowest BCUT2D eigenvalue weighted by atomic mass is 9.91. The lowest BCUT2D eigenvalue weighted by Gasteiger charge is -2.38. The fourth-order valence-electron chi connectivity index (χ4n) is 4.83. The molecule has 1 atom stereocenters. The molecule has 0 fully saturated rings. The van der Waals surface area contributed by atoms with Crippen LogP contribution in [0.2, 0.25) is 5.02 Å². The molecule has 0 bridgehead atoms. The quantitative estimate of drug-likeness (QED) is 0.432. The van der Waals surface area contributed by atoms with Crippen LogP contribution in [-0.2, 0) is 9.53 Å². The van der Waals surface area contributed by atoms with E-state index in [-0.39, 0.29) is 17.9 Å². The molecule has 34 heavy (non-hydrogen) atoms. The average molecular weight is 473 g/mol. The van der Waals surface area contributed by atoms with Gasteiger partial charge >= 0.3 is 5.97 Å². The maximum Gasteiger partial charge on any atom is 0.337 e. The Bertz CT molecular complexity index is 1260. The third kappa shape index (κ3) is 3.97. The highest BCUT2D eigenvalue weighted by atomic mass is 35.5. The number of aryl methyl sites for hydroxylation is 1. The number of rotatable bonds is 4. The minimum atomic E-state index is -0.382. The van der Waals surface area contributed by atoms with Gasteiger partial charge in [0.25, 0.3) is 5.91 Å². The predicted octanol–water partition coefficient (Wildman–Crippen LogP) is 6.08. The summed E-state index contributed by atoms with van der Waals surface area (Å²) in [6, 6.07) is 22.9. The molecule has 0 aliphatic carbocycles. The van der Waals surface area contributed by atoms with Gasteiger partial charge in [-0.2, -0.15) is 0 Å². The Hall–Kier alpha value is -3.57. The first-order valence-electron chi connectivity index (χ1n) is 11.3. The first-order valence-corrected chi connectivity index (χ1v) is 11.7. The van der Waals surface area contributed by atoms with Crippen molar-refractivity contribution in [3.8, 4) is 0 Å². The SMILES string of the molecule is COC(=O)c1ccc(C2CC3=C(CCN3c3ccc(C)cc3)C(=O)N2c2ccc(Cl)cc2)cc1. The van der Waals surface area contributed by atoms with Gasteiger partial charge in [-0.25, -0.2) is 4.79 Å². The van der Waals surface area contributed by atoms with Gasteiger partial charge in [-0.3, -0.25) is 4.79 Å². The Labute approximate surface area is 204 Å². The zero-order valence-electron chi connectivity index (χ0n) is 19.1. The number of halogens is 1. The van der Waals surface area contributed by atoms with Crippen LogP contribution in [0.15, 0.2) is 84.1 Å². The highest BCUT2D eigenvalue weighted by Crippen LogP contribution is 2.44. The Morgan fingerprint density at radius 3 is 2.24 bits per heavy atom. The molecule has 6 heteroatoms. The molecule has 0 saturated carbocycles. The molecule has 0 spiro atoms. The Morgan fingerprint density at radius 2 is 1.59 bits per heavy atom. The van der Waals surface area contributed by atoms with E-state index < -0.39 is 0 Å². The van der Waals surface area contributed by atoms with Crippen molar-refractivity contribution < 1.29 is 14.3 Å². The van der Waals surface area contributed by atoms with Crippen molar-refractivity contribution in [3.63, 3.8) is 0 Å². The standard InChI is InChI=1S/C28H25ClN2O3/c1-18-3-11-22(12-4-18)30-16-15-24-26(30)17-25(19-5-7-20(8-6-19)28(33)34-2)31(27(24)32)23-13-9-21(29)10-14-23/h3-14,25H,15-17H2,1-2H3. The number of carbonyl (C=O) groups is 2. The highest BCUT2D eigenvalue weighted by Gasteiger charge is 2.41. The van der Waals surface area contributed by atoms with Gasteiger partial charge < -0.3 is 14.5 Å². The van der Waals surface area contributed by atoms with E-state index in [1.165, 1.54) is 12.7 Å². The third-order valence-electron chi connectivity index (χ3n) is 6.60. The number of hydrogen-bond acceptors (Lipinski definition) is 4. The van der Waals surface area contributed by atoms with Crippen molar-refractivity contribution in [3.05, 3.63) is 106 Å². The van der Waals surface area contributed by atoms with E-state index in [0.29, 0.717) is 23.4 Å². The summed E-state index contributed by atoms with van der Waals surface area (Å²) in [5.41, 5.74) is 6.47. The van der Waals surface area contributed by atoms with Gasteiger partial charge in [-0.1, -0.05) is 41.4 Å². The molecule has 2 aliphatic rings. The summed E-state index contributed by atoms with van der Waals surface area (Å²) < 4.78 is 4.84. The van der Waals surface area contributed by atoms with E-state index in [9.17, 15) is 9.59 Å². The molecule has 1 unspecified atom stereocenters. The fraction of sp³-hybridized carbons (Fsp3) is 0.214. The van der Waals surface area contributed by atoms with Crippen LogP contribution in [0.1, 0.15) is 40.4 Å². The summed E-state index contributed by atoms with van der Waals surface area (Å²) in [6.07, 6.45) is 1.38. The number of benzene rings is 3. The normalized spacial score (nSPS) is 17.7. The minimum Gasteiger partial charge on any atom is -0.465 e. The van der Waals surface area contributed by atoms with Crippen LogP contribution in [-0.4, -0.2) is 25.5 Å². The Balaban J connectivity index is 1.57. The number of nitrogens with zero attached hydrogens (tertiary/aromatic N) is 2. The Kier molecular flexibility index (Phi) is 5.88. The number of methoxy groups -OCH3 is 1. The maximum absolute atomic E-state index is 13.9. The molecule has 5 nitrogen and oxygen atoms in total. The van der Waals surface area contributed by atoms with E-state index in [4.69, 9.17) is 16.3 Å². The van der Waals surface area contributed by atoms with Crippen LogP contribution in [0.4, 0.5) is 11.4 Å². The van der Waals surface area contributed by atoms with E-state index in [1.54, 1.807) is 24.3 Å². The molecule has 1 amide bonds. The van der Waals surface area contributed by atoms with Crippen LogP contribution in [0.25, 0.3) is 0 Å². The molecule has 3 aromatic carbocycles. The van der Waals surface area contributed by atoms with Gasteiger partial charge in [0.15, 0.2) is 0 Å². The predicted molar refractivity (Wildman–Crippen MR) is 134 cm³/mol. The lowest BCUT2D eigenvalue weighted by Crippen LogP contribution is -2.40. The van der Waals surface area contributed by atoms with Crippen LogP contribution < -0.4 is 9.80 Å². The molecule has 172 valence electrons. The molecule has 0 N–H and O–H groups in total. The fourth-order valence-corrected chi connectivity index (χ4v) is 4.95. The molecule has 2 aliphatic heterocycles. The van der Waals surface area contributed by atoms with Gasteiger partial charge in [0.1, 0.15) is 0 Å². The molecular weight excluding hydrogens is 448 g/mol. The van der Waals surface area contributed by atoms with E-state index >= 15 is 0 Å². The lowest BCUT2D eigenvalue weighted by molar-refractivity contribution is -0.116. The number of hydrogen-bond donors (Lipinski definition) is 0. The summed E-state index contributed by atoms with van der Waals surface area (Å²) in [4.78, 5) is 29.9. The average Bonchev–Trinajstić information content (AvgIpc) is 3.29. The molecule has 0 radical (unpaired) electrons. The van der Waals surface area contributed by atoms with Gasteiger partial charge in [0.05, 0.1) is 18.7 Å². The molecule has 0 saturated heterocycles. The van der Waals surface area contributed by atoms with Gasteiger partial charge in [0.2, 0.25) is 0 Å². The first-order chi connectivity index (χ1) is 16.5. The summed E-state index contributed by atoms with van der Waals surface area (Å²) >= 11 is 6.13. The van der Waals surface area contributed by atoms with Gasteiger partial charge in [-0.05, 0) is 67.4 Å². The zero-order chi connectivity index (χ0) is 23.8. The second-order valence-corrected chi connectivity index (χ2v) is 9.08. The van der Waals surface area contributed by atoms with E-state index in [1.807, 2.05) is 29.2 Å².